The van der Waals surface area contributed by atoms with Crippen molar-refractivity contribution in [3.8, 4) is 0 Å². The molecule has 1 amide bonds. The van der Waals surface area contributed by atoms with Crippen LogP contribution in [0.15, 0.2) is 51.4 Å². The van der Waals surface area contributed by atoms with E-state index in [0.717, 1.165) is 14.5 Å². The summed E-state index contributed by atoms with van der Waals surface area (Å²) in [5.74, 6) is -0.181. The molecule has 0 saturated heterocycles. The van der Waals surface area contributed by atoms with Crippen molar-refractivity contribution < 1.29 is 4.79 Å². The summed E-state index contributed by atoms with van der Waals surface area (Å²) in [5.41, 5.74) is 7.82. The second kappa shape index (κ2) is 6.41. The van der Waals surface area contributed by atoms with Crippen LogP contribution in [0, 0.1) is 0 Å². The molecule has 5 heteroatoms. The van der Waals surface area contributed by atoms with Crippen LogP contribution in [-0.2, 0) is 0 Å². The molecule has 1 atom stereocenters. The quantitative estimate of drug-likeness (QED) is 0.759. The minimum Gasteiger partial charge on any atom is -0.398 e. The fraction of sp³-hybridized carbons (Fsp3) is 0.133. The predicted molar refractivity (Wildman–Crippen MR) is 88.6 cm³/mol. The molecule has 0 unspecified atom stereocenters. The maximum absolute atomic E-state index is 12.2. The molecule has 20 heavy (non-hydrogen) atoms. The number of anilines is 1. The molecule has 0 saturated carbocycles. The van der Waals surface area contributed by atoms with Gasteiger partial charge in [0, 0.05) is 14.6 Å². The average molecular weight is 398 g/mol. The summed E-state index contributed by atoms with van der Waals surface area (Å²) in [5, 5.41) is 2.94. The average Bonchev–Trinajstić information content (AvgIpc) is 2.42. The molecule has 0 aliphatic carbocycles. The van der Waals surface area contributed by atoms with Crippen molar-refractivity contribution in [2.45, 2.75) is 13.0 Å². The van der Waals surface area contributed by atoms with Gasteiger partial charge in [0.1, 0.15) is 0 Å². The minimum absolute atomic E-state index is 0.0889. The van der Waals surface area contributed by atoms with E-state index in [-0.39, 0.29) is 11.9 Å². The molecule has 0 aliphatic rings. The zero-order valence-corrected chi connectivity index (χ0v) is 14.0. The van der Waals surface area contributed by atoms with E-state index in [4.69, 9.17) is 5.73 Å². The molecule has 104 valence electrons. The molecule has 0 fully saturated rings. The molecule has 0 heterocycles. The van der Waals surface area contributed by atoms with Gasteiger partial charge in [-0.15, -0.1) is 0 Å². The Kier molecular flexibility index (Phi) is 4.83. The van der Waals surface area contributed by atoms with Crippen LogP contribution in [0.2, 0.25) is 0 Å². The van der Waals surface area contributed by atoms with Crippen LogP contribution in [0.1, 0.15) is 28.9 Å². The lowest BCUT2D eigenvalue weighted by molar-refractivity contribution is 0.0940. The van der Waals surface area contributed by atoms with Crippen molar-refractivity contribution in [2.75, 3.05) is 5.73 Å². The van der Waals surface area contributed by atoms with Crippen LogP contribution < -0.4 is 11.1 Å². The first-order valence-electron chi connectivity index (χ1n) is 6.08. The smallest absolute Gasteiger partial charge is 0.253 e. The Labute approximate surface area is 134 Å². The number of nitrogen functional groups attached to an aromatic ring is 1. The zero-order chi connectivity index (χ0) is 14.7. The highest BCUT2D eigenvalue weighted by molar-refractivity contribution is 9.10. The van der Waals surface area contributed by atoms with Crippen molar-refractivity contribution in [1.29, 1.82) is 0 Å². The number of halogens is 2. The number of rotatable bonds is 3. The van der Waals surface area contributed by atoms with E-state index in [1.807, 2.05) is 37.3 Å². The molecule has 0 spiro atoms. The predicted octanol–water partition coefficient (Wildman–Crippen LogP) is 4.28. The van der Waals surface area contributed by atoms with Gasteiger partial charge in [-0.2, -0.15) is 0 Å². The summed E-state index contributed by atoms with van der Waals surface area (Å²) in [6.45, 7) is 1.94. The van der Waals surface area contributed by atoms with Crippen LogP contribution in [0.5, 0.6) is 0 Å². The van der Waals surface area contributed by atoms with Gasteiger partial charge in [0.15, 0.2) is 0 Å². The number of hydrogen-bond acceptors (Lipinski definition) is 2. The Morgan fingerprint density at radius 3 is 2.35 bits per heavy atom. The Morgan fingerprint density at radius 2 is 1.70 bits per heavy atom. The van der Waals surface area contributed by atoms with Gasteiger partial charge in [0.05, 0.1) is 11.6 Å². The highest BCUT2D eigenvalue weighted by Gasteiger charge is 2.14. The molecular weight excluding hydrogens is 384 g/mol. The Balaban J connectivity index is 2.15. The van der Waals surface area contributed by atoms with E-state index >= 15 is 0 Å². The summed E-state index contributed by atoms with van der Waals surface area (Å²) >= 11 is 6.73. The molecule has 2 aromatic carbocycles. The minimum atomic E-state index is -0.181. The number of carbonyl (C=O) groups is 1. The monoisotopic (exact) mass is 396 g/mol. The number of nitrogens with one attached hydrogen (secondary N) is 1. The van der Waals surface area contributed by atoms with E-state index in [0.29, 0.717) is 11.3 Å². The Bertz CT molecular complexity index is 626. The van der Waals surface area contributed by atoms with Crippen LogP contribution >= 0.6 is 31.9 Å². The van der Waals surface area contributed by atoms with Gasteiger partial charge >= 0.3 is 0 Å². The van der Waals surface area contributed by atoms with Crippen molar-refractivity contribution in [3.05, 3.63) is 62.5 Å². The lowest BCUT2D eigenvalue weighted by atomic mass is 10.1. The third-order valence-electron chi connectivity index (χ3n) is 2.98. The van der Waals surface area contributed by atoms with Crippen LogP contribution in [0.3, 0.4) is 0 Å². The highest BCUT2D eigenvalue weighted by atomic mass is 79.9. The van der Waals surface area contributed by atoms with Crippen molar-refractivity contribution in [3.63, 3.8) is 0 Å². The second-order valence-electron chi connectivity index (χ2n) is 4.48. The van der Waals surface area contributed by atoms with Crippen LogP contribution in [-0.4, -0.2) is 5.91 Å². The van der Waals surface area contributed by atoms with Crippen LogP contribution in [0.4, 0.5) is 5.69 Å². The molecule has 0 aliphatic heterocycles. The molecule has 2 aromatic rings. The summed E-state index contributed by atoms with van der Waals surface area (Å²) in [7, 11) is 0. The van der Waals surface area contributed by atoms with Crippen molar-refractivity contribution in [1.82, 2.24) is 5.32 Å². The lowest BCUT2D eigenvalue weighted by Crippen LogP contribution is -2.27. The molecule has 0 aromatic heterocycles. The molecule has 0 bridgehead atoms. The fourth-order valence-corrected chi connectivity index (χ4v) is 2.46. The fourth-order valence-electron chi connectivity index (χ4n) is 1.83. The second-order valence-corrected chi connectivity index (χ2v) is 6.31. The standard InChI is InChI=1S/C15H14Br2N2O/c1-9(10-2-4-11(16)5-3-10)19-15(20)13-8-12(17)6-7-14(13)18/h2-9H,18H2,1H3,(H,19,20)/t9-/m0/s1. The Hall–Kier alpha value is -1.33. The van der Waals surface area contributed by atoms with Gasteiger partial charge < -0.3 is 11.1 Å². The van der Waals surface area contributed by atoms with Gasteiger partial charge in [0.2, 0.25) is 0 Å². The van der Waals surface area contributed by atoms with E-state index in [9.17, 15) is 4.79 Å². The third-order valence-corrected chi connectivity index (χ3v) is 4.00. The van der Waals surface area contributed by atoms with E-state index in [1.165, 1.54) is 0 Å². The van der Waals surface area contributed by atoms with Gasteiger partial charge in [-0.3, -0.25) is 4.79 Å². The lowest BCUT2D eigenvalue weighted by Gasteiger charge is -2.15. The summed E-state index contributed by atoms with van der Waals surface area (Å²) in [6.07, 6.45) is 0. The van der Waals surface area contributed by atoms with Crippen LogP contribution in [0.25, 0.3) is 0 Å². The molecule has 0 radical (unpaired) electrons. The maximum atomic E-state index is 12.2. The molecule has 2 rings (SSSR count). The van der Waals surface area contributed by atoms with Gasteiger partial charge in [0.25, 0.3) is 5.91 Å². The largest absolute Gasteiger partial charge is 0.398 e. The molecular formula is C15H14Br2N2O. The van der Waals surface area contributed by atoms with Gasteiger partial charge in [-0.05, 0) is 42.8 Å². The number of carbonyl (C=O) groups excluding carboxylic acids is 1. The molecule has 3 nitrogen and oxygen atoms in total. The SMILES string of the molecule is C[C@H](NC(=O)c1cc(Br)ccc1N)c1ccc(Br)cc1. The summed E-state index contributed by atoms with van der Waals surface area (Å²) < 4.78 is 1.84. The van der Waals surface area contributed by atoms with Gasteiger partial charge in [-0.1, -0.05) is 44.0 Å². The van der Waals surface area contributed by atoms with Crippen molar-refractivity contribution in [2.24, 2.45) is 0 Å². The number of hydrogen-bond donors (Lipinski definition) is 2. The normalized spacial score (nSPS) is 11.9. The summed E-state index contributed by atoms with van der Waals surface area (Å²) in [6, 6.07) is 13.0. The topological polar surface area (TPSA) is 55.1 Å². The number of benzene rings is 2. The maximum Gasteiger partial charge on any atom is 0.253 e. The van der Waals surface area contributed by atoms with E-state index in [2.05, 4.69) is 37.2 Å². The number of nitrogens with two attached hydrogens (primary N) is 1. The van der Waals surface area contributed by atoms with Gasteiger partial charge in [-0.25, -0.2) is 0 Å². The zero-order valence-electron chi connectivity index (χ0n) is 10.9. The first-order valence-corrected chi connectivity index (χ1v) is 7.67. The summed E-state index contributed by atoms with van der Waals surface area (Å²) in [4.78, 5) is 12.2. The Morgan fingerprint density at radius 1 is 1.10 bits per heavy atom. The van der Waals surface area contributed by atoms with Crippen molar-refractivity contribution >= 4 is 43.5 Å². The first-order chi connectivity index (χ1) is 9.47. The molecule has 3 N–H and O–H groups in total. The van der Waals surface area contributed by atoms with E-state index < -0.39 is 0 Å². The third kappa shape index (κ3) is 3.61. The first kappa shape index (κ1) is 15.1. The van der Waals surface area contributed by atoms with E-state index in [1.54, 1.807) is 12.1 Å². The number of amides is 1. The highest BCUT2D eigenvalue weighted by Crippen LogP contribution is 2.21.